The number of nitrogens with one attached hydrogen (secondary N) is 1. The first-order valence-electron chi connectivity index (χ1n) is 10.9. The predicted octanol–water partition coefficient (Wildman–Crippen LogP) is 4.46. The smallest absolute Gasteiger partial charge is 0.252 e. The Labute approximate surface area is 178 Å². The van der Waals surface area contributed by atoms with Crippen molar-refractivity contribution in [3.63, 3.8) is 0 Å². The molecule has 1 aliphatic heterocycles. The van der Waals surface area contributed by atoms with Crippen molar-refractivity contribution in [1.29, 1.82) is 0 Å². The van der Waals surface area contributed by atoms with Crippen LogP contribution in [0.5, 0.6) is 0 Å². The Morgan fingerprint density at radius 3 is 2.97 bits per heavy atom. The highest BCUT2D eigenvalue weighted by Crippen LogP contribution is 2.25. The molecule has 1 aliphatic rings. The summed E-state index contributed by atoms with van der Waals surface area (Å²) in [6.07, 6.45) is 7.11. The Balaban J connectivity index is 1.50. The zero-order chi connectivity index (χ0) is 20.9. The van der Waals surface area contributed by atoms with E-state index in [1.807, 2.05) is 43.3 Å². The summed E-state index contributed by atoms with van der Waals surface area (Å²) in [5, 5.41) is 4.02. The van der Waals surface area contributed by atoms with Crippen molar-refractivity contribution in [3.05, 3.63) is 59.9 Å². The monoisotopic (exact) mass is 402 g/mol. The summed E-state index contributed by atoms with van der Waals surface area (Å²) in [6.45, 7) is 8.45. The lowest BCUT2D eigenvalue weighted by Gasteiger charge is -2.30. The number of pyridine rings is 2. The Hall–Kier alpha value is -2.79. The van der Waals surface area contributed by atoms with Crippen molar-refractivity contribution in [2.45, 2.75) is 33.1 Å². The van der Waals surface area contributed by atoms with E-state index in [0.717, 1.165) is 46.6 Å². The van der Waals surface area contributed by atoms with Gasteiger partial charge in [-0.05, 0) is 75.5 Å². The standard InChI is InChI=1S/C25H30N4O/c1-18-8-9-23-21(14-18)22(15-24(28-23)20-7-3-10-26-16-20)25(30)27-11-5-13-29-12-4-6-19(2)17-29/h3,7-10,14-16,19H,4-6,11-13,17H2,1-2H3,(H,27,30)/t19-/m1/s1. The minimum atomic E-state index is -0.0369. The van der Waals surface area contributed by atoms with E-state index in [0.29, 0.717) is 12.1 Å². The van der Waals surface area contributed by atoms with Crippen LogP contribution in [0.25, 0.3) is 22.2 Å². The number of hydrogen-bond donors (Lipinski definition) is 1. The first-order valence-corrected chi connectivity index (χ1v) is 10.9. The van der Waals surface area contributed by atoms with Crippen LogP contribution in [-0.2, 0) is 0 Å². The maximum Gasteiger partial charge on any atom is 0.252 e. The highest BCUT2D eigenvalue weighted by Gasteiger charge is 2.17. The van der Waals surface area contributed by atoms with Crippen LogP contribution in [0.3, 0.4) is 0 Å². The Morgan fingerprint density at radius 2 is 2.17 bits per heavy atom. The molecular formula is C25H30N4O. The van der Waals surface area contributed by atoms with E-state index in [-0.39, 0.29) is 5.91 Å². The molecule has 1 N–H and O–H groups in total. The summed E-state index contributed by atoms with van der Waals surface area (Å²) in [5.41, 5.74) is 4.30. The number of aryl methyl sites for hydroxylation is 1. The van der Waals surface area contributed by atoms with Crippen molar-refractivity contribution < 1.29 is 4.79 Å². The maximum atomic E-state index is 13.1. The topological polar surface area (TPSA) is 58.1 Å². The lowest BCUT2D eigenvalue weighted by Crippen LogP contribution is -2.36. The van der Waals surface area contributed by atoms with Gasteiger partial charge in [-0.3, -0.25) is 9.78 Å². The molecule has 0 aliphatic carbocycles. The van der Waals surface area contributed by atoms with E-state index in [1.165, 1.54) is 25.9 Å². The number of carbonyl (C=O) groups is 1. The number of likely N-dealkylation sites (tertiary alicyclic amines) is 1. The normalized spacial score (nSPS) is 17.2. The first-order chi connectivity index (χ1) is 14.6. The molecule has 4 rings (SSSR count). The van der Waals surface area contributed by atoms with Crippen LogP contribution >= 0.6 is 0 Å². The van der Waals surface area contributed by atoms with Crippen molar-refractivity contribution >= 4 is 16.8 Å². The van der Waals surface area contributed by atoms with Gasteiger partial charge in [0.2, 0.25) is 0 Å². The van der Waals surface area contributed by atoms with Crippen molar-refractivity contribution in [1.82, 2.24) is 20.2 Å². The molecule has 5 heteroatoms. The number of aromatic nitrogens is 2. The van der Waals surface area contributed by atoms with Crippen LogP contribution in [0.15, 0.2) is 48.8 Å². The molecule has 3 aromatic rings. The molecule has 1 saturated heterocycles. The molecule has 0 unspecified atom stereocenters. The molecule has 1 atom stereocenters. The van der Waals surface area contributed by atoms with Crippen molar-refractivity contribution in [3.8, 4) is 11.3 Å². The summed E-state index contributed by atoms with van der Waals surface area (Å²) in [4.78, 5) is 24.6. The van der Waals surface area contributed by atoms with Gasteiger partial charge in [-0.15, -0.1) is 0 Å². The Morgan fingerprint density at radius 1 is 1.27 bits per heavy atom. The number of piperidine rings is 1. The summed E-state index contributed by atoms with van der Waals surface area (Å²) >= 11 is 0. The van der Waals surface area contributed by atoms with Crippen LogP contribution in [0, 0.1) is 12.8 Å². The lowest BCUT2D eigenvalue weighted by molar-refractivity contribution is 0.0951. The van der Waals surface area contributed by atoms with Gasteiger partial charge in [-0.2, -0.15) is 0 Å². The van der Waals surface area contributed by atoms with E-state index in [2.05, 4.69) is 22.1 Å². The van der Waals surface area contributed by atoms with Crippen LogP contribution in [0.4, 0.5) is 0 Å². The number of fused-ring (bicyclic) bond motifs is 1. The summed E-state index contributed by atoms with van der Waals surface area (Å²) in [5.74, 6) is 0.746. The van der Waals surface area contributed by atoms with Gasteiger partial charge < -0.3 is 10.2 Å². The van der Waals surface area contributed by atoms with Gasteiger partial charge in [0, 0.05) is 36.4 Å². The number of nitrogens with zero attached hydrogens (tertiary/aromatic N) is 3. The van der Waals surface area contributed by atoms with E-state index >= 15 is 0 Å². The van der Waals surface area contributed by atoms with Gasteiger partial charge in [0.25, 0.3) is 5.91 Å². The highest BCUT2D eigenvalue weighted by atomic mass is 16.1. The third-order valence-corrected chi connectivity index (χ3v) is 5.84. The number of amides is 1. The summed E-state index contributed by atoms with van der Waals surface area (Å²) < 4.78 is 0. The van der Waals surface area contributed by atoms with Gasteiger partial charge in [0.15, 0.2) is 0 Å². The van der Waals surface area contributed by atoms with E-state index in [1.54, 1.807) is 12.4 Å². The molecule has 0 saturated carbocycles. The second-order valence-corrected chi connectivity index (χ2v) is 8.47. The van der Waals surface area contributed by atoms with Gasteiger partial charge in [0.05, 0.1) is 16.8 Å². The fourth-order valence-electron chi connectivity index (χ4n) is 4.28. The minimum absolute atomic E-state index is 0.0369. The van der Waals surface area contributed by atoms with Gasteiger partial charge >= 0.3 is 0 Å². The third-order valence-electron chi connectivity index (χ3n) is 5.84. The number of carbonyl (C=O) groups excluding carboxylic acids is 1. The fourth-order valence-corrected chi connectivity index (χ4v) is 4.28. The van der Waals surface area contributed by atoms with Crippen LogP contribution < -0.4 is 5.32 Å². The van der Waals surface area contributed by atoms with Crippen molar-refractivity contribution in [2.24, 2.45) is 5.92 Å². The largest absolute Gasteiger partial charge is 0.352 e. The highest BCUT2D eigenvalue weighted by molar-refractivity contribution is 6.07. The second kappa shape index (κ2) is 9.35. The SMILES string of the molecule is Cc1ccc2nc(-c3cccnc3)cc(C(=O)NCCCN3CCC[C@@H](C)C3)c2c1. The molecule has 5 nitrogen and oxygen atoms in total. The lowest BCUT2D eigenvalue weighted by atomic mass is 10.0. The van der Waals surface area contributed by atoms with E-state index in [4.69, 9.17) is 4.98 Å². The van der Waals surface area contributed by atoms with Crippen LogP contribution in [-0.4, -0.2) is 47.0 Å². The molecule has 1 fully saturated rings. The molecule has 1 amide bonds. The molecule has 2 aromatic heterocycles. The third kappa shape index (κ3) is 4.85. The van der Waals surface area contributed by atoms with E-state index in [9.17, 15) is 4.79 Å². The molecule has 0 radical (unpaired) electrons. The molecule has 0 bridgehead atoms. The zero-order valence-corrected chi connectivity index (χ0v) is 17.9. The first kappa shape index (κ1) is 20.5. The Kier molecular flexibility index (Phi) is 6.38. The quantitative estimate of drug-likeness (QED) is 0.619. The summed E-state index contributed by atoms with van der Waals surface area (Å²) in [6, 6.07) is 11.8. The average molecular weight is 403 g/mol. The van der Waals surface area contributed by atoms with E-state index < -0.39 is 0 Å². The number of rotatable bonds is 6. The molecular weight excluding hydrogens is 372 g/mol. The molecule has 3 heterocycles. The second-order valence-electron chi connectivity index (χ2n) is 8.47. The molecule has 0 spiro atoms. The summed E-state index contributed by atoms with van der Waals surface area (Å²) in [7, 11) is 0. The van der Waals surface area contributed by atoms with Gasteiger partial charge in [-0.25, -0.2) is 4.98 Å². The van der Waals surface area contributed by atoms with Crippen LogP contribution in [0.1, 0.15) is 42.1 Å². The number of benzene rings is 1. The fraction of sp³-hybridized carbons (Fsp3) is 0.400. The average Bonchev–Trinajstić information content (AvgIpc) is 2.76. The van der Waals surface area contributed by atoms with Crippen LogP contribution in [0.2, 0.25) is 0 Å². The molecule has 156 valence electrons. The number of hydrogen-bond acceptors (Lipinski definition) is 4. The molecule has 1 aromatic carbocycles. The zero-order valence-electron chi connectivity index (χ0n) is 17.9. The minimum Gasteiger partial charge on any atom is -0.352 e. The van der Waals surface area contributed by atoms with Gasteiger partial charge in [0.1, 0.15) is 0 Å². The van der Waals surface area contributed by atoms with Crippen molar-refractivity contribution in [2.75, 3.05) is 26.2 Å². The molecule has 30 heavy (non-hydrogen) atoms. The maximum absolute atomic E-state index is 13.1. The Bertz CT molecular complexity index is 1020. The van der Waals surface area contributed by atoms with Gasteiger partial charge in [-0.1, -0.05) is 18.6 Å². The predicted molar refractivity (Wildman–Crippen MR) is 121 cm³/mol.